The molecule has 2 aromatic carbocycles. The molecular formula is C25H24FNO4S. The van der Waals surface area contributed by atoms with E-state index in [9.17, 15) is 14.3 Å². The number of carbonyl (C=O) groups excluding carboxylic acids is 1. The van der Waals surface area contributed by atoms with Gasteiger partial charge in [-0.3, -0.25) is 4.79 Å². The molecule has 7 heteroatoms. The maximum atomic E-state index is 13.1. The highest BCUT2D eigenvalue weighted by molar-refractivity contribution is 7.10. The maximum Gasteiger partial charge on any atom is 0.286 e. The first-order valence-corrected chi connectivity index (χ1v) is 11.2. The van der Waals surface area contributed by atoms with Crippen LogP contribution in [0.5, 0.6) is 0 Å². The molecule has 0 radical (unpaired) electrons. The first kappa shape index (κ1) is 22.2. The third-order valence-corrected chi connectivity index (χ3v) is 6.20. The molecule has 0 aliphatic carbocycles. The Kier molecular flexibility index (Phi) is 7.32. The van der Waals surface area contributed by atoms with Gasteiger partial charge >= 0.3 is 0 Å². The molecule has 0 bridgehead atoms. The van der Waals surface area contributed by atoms with Crippen molar-refractivity contribution in [3.05, 3.63) is 105 Å². The minimum atomic E-state index is -0.573. The number of halogens is 1. The minimum Gasteiger partial charge on any atom is -0.459 e. The molecule has 2 heterocycles. The number of carbonyl (C=O) groups is 1. The molecule has 1 aliphatic heterocycles. The third kappa shape index (κ3) is 5.82. The van der Waals surface area contributed by atoms with E-state index in [1.807, 2.05) is 47.9 Å². The van der Waals surface area contributed by atoms with Crippen LogP contribution in [-0.4, -0.2) is 17.3 Å². The van der Waals surface area contributed by atoms with Gasteiger partial charge in [-0.25, -0.2) is 4.39 Å². The Morgan fingerprint density at radius 2 is 1.81 bits per heavy atom. The average Bonchev–Trinajstić information content (AvgIpc) is 3.37. The van der Waals surface area contributed by atoms with Crippen molar-refractivity contribution in [3.63, 3.8) is 0 Å². The molecule has 0 unspecified atom stereocenters. The molecule has 0 fully saturated rings. The van der Waals surface area contributed by atoms with Gasteiger partial charge in [0.2, 0.25) is 6.29 Å². The highest BCUT2D eigenvalue weighted by Crippen LogP contribution is 2.34. The van der Waals surface area contributed by atoms with E-state index in [1.165, 1.54) is 12.1 Å². The van der Waals surface area contributed by atoms with Crippen molar-refractivity contribution in [2.45, 2.75) is 38.4 Å². The van der Waals surface area contributed by atoms with E-state index in [0.29, 0.717) is 13.0 Å². The number of rotatable bonds is 8. The molecule has 3 aromatic rings. The molecule has 1 aromatic heterocycles. The van der Waals surface area contributed by atoms with Gasteiger partial charge in [-0.2, -0.15) is 0 Å². The Bertz CT molecular complexity index is 1050. The Morgan fingerprint density at radius 1 is 1.09 bits per heavy atom. The lowest BCUT2D eigenvalue weighted by molar-refractivity contribution is -0.150. The van der Waals surface area contributed by atoms with Gasteiger partial charge in [-0.05, 0) is 46.3 Å². The fourth-order valence-corrected chi connectivity index (χ4v) is 4.23. The maximum absolute atomic E-state index is 13.1. The summed E-state index contributed by atoms with van der Waals surface area (Å²) >= 11 is 1.63. The SMILES string of the molecule is O=C(NCc1ccc(F)cc1)C1=C[C@@H](c2cccs2)C[C@@H](OCc2ccc(CO)cc2)O1. The zero-order valence-corrected chi connectivity index (χ0v) is 18.2. The molecule has 32 heavy (non-hydrogen) atoms. The van der Waals surface area contributed by atoms with Crippen LogP contribution in [0.4, 0.5) is 4.39 Å². The van der Waals surface area contributed by atoms with Crippen molar-refractivity contribution in [3.8, 4) is 0 Å². The number of benzene rings is 2. The molecule has 1 amide bonds. The molecule has 0 saturated carbocycles. The molecule has 0 spiro atoms. The second kappa shape index (κ2) is 10.5. The summed E-state index contributed by atoms with van der Waals surface area (Å²) in [5, 5.41) is 14.0. The van der Waals surface area contributed by atoms with Crippen LogP contribution in [0.3, 0.4) is 0 Å². The number of aliphatic hydroxyl groups excluding tert-OH is 1. The van der Waals surface area contributed by atoms with E-state index < -0.39 is 6.29 Å². The van der Waals surface area contributed by atoms with Crippen LogP contribution >= 0.6 is 11.3 Å². The highest BCUT2D eigenvalue weighted by atomic mass is 32.1. The van der Waals surface area contributed by atoms with Crippen LogP contribution in [0.1, 0.15) is 33.9 Å². The van der Waals surface area contributed by atoms with Crippen molar-refractivity contribution in [1.29, 1.82) is 0 Å². The number of thiophene rings is 1. The van der Waals surface area contributed by atoms with Crippen LogP contribution in [0, 0.1) is 5.82 Å². The zero-order valence-electron chi connectivity index (χ0n) is 17.4. The number of nitrogens with one attached hydrogen (secondary N) is 1. The monoisotopic (exact) mass is 453 g/mol. The highest BCUT2D eigenvalue weighted by Gasteiger charge is 2.29. The minimum absolute atomic E-state index is 0.00342. The summed E-state index contributed by atoms with van der Waals surface area (Å²) in [6.07, 6.45) is 1.86. The van der Waals surface area contributed by atoms with Gasteiger partial charge in [-0.1, -0.05) is 42.5 Å². The average molecular weight is 454 g/mol. The number of amides is 1. The van der Waals surface area contributed by atoms with Crippen molar-refractivity contribution < 1.29 is 23.8 Å². The fraction of sp³-hybridized carbons (Fsp3) is 0.240. The Hall–Kier alpha value is -3.00. The molecule has 4 rings (SSSR count). The van der Waals surface area contributed by atoms with Gasteiger partial charge in [-0.15, -0.1) is 11.3 Å². The van der Waals surface area contributed by atoms with E-state index in [2.05, 4.69) is 5.32 Å². The number of hydrogen-bond donors (Lipinski definition) is 2. The first-order chi connectivity index (χ1) is 15.6. The second-order valence-corrected chi connectivity index (χ2v) is 8.51. The fourth-order valence-electron chi connectivity index (χ4n) is 3.42. The topological polar surface area (TPSA) is 67.8 Å². The number of hydrogen-bond acceptors (Lipinski definition) is 5. The summed E-state index contributed by atoms with van der Waals surface area (Å²) in [6, 6.07) is 17.5. The first-order valence-electron chi connectivity index (χ1n) is 10.4. The Balaban J connectivity index is 1.42. The molecule has 2 atom stereocenters. The lowest BCUT2D eigenvalue weighted by Gasteiger charge is -2.28. The van der Waals surface area contributed by atoms with E-state index in [1.54, 1.807) is 23.5 Å². The van der Waals surface area contributed by atoms with Gasteiger partial charge in [0, 0.05) is 23.8 Å². The number of aliphatic hydroxyl groups is 1. The largest absolute Gasteiger partial charge is 0.459 e. The van der Waals surface area contributed by atoms with Gasteiger partial charge in [0.05, 0.1) is 13.2 Å². The predicted octanol–water partition coefficient (Wildman–Crippen LogP) is 4.63. The van der Waals surface area contributed by atoms with Gasteiger partial charge in [0.25, 0.3) is 5.91 Å². The molecular weight excluding hydrogens is 429 g/mol. The van der Waals surface area contributed by atoms with E-state index >= 15 is 0 Å². The van der Waals surface area contributed by atoms with Crippen LogP contribution in [0.15, 0.2) is 77.9 Å². The van der Waals surface area contributed by atoms with Crippen LogP contribution in [0.2, 0.25) is 0 Å². The molecule has 2 N–H and O–H groups in total. The lowest BCUT2D eigenvalue weighted by atomic mass is 9.99. The molecule has 5 nitrogen and oxygen atoms in total. The Morgan fingerprint density at radius 3 is 2.50 bits per heavy atom. The number of allylic oxidation sites excluding steroid dienone is 1. The van der Waals surface area contributed by atoms with Crippen LogP contribution in [0.25, 0.3) is 0 Å². The summed E-state index contributed by atoms with van der Waals surface area (Å²) in [5.74, 6) is -0.422. The van der Waals surface area contributed by atoms with E-state index in [0.717, 1.165) is 21.6 Å². The normalized spacial score (nSPS) is 18.0. The molecule has 0 saturated heterocycles. The van der Waals surface area contributed by atoms with Gasteiger partial charge in [0.1, 0.15) is 5.82 Å². The van der Waals surface area contributed by atoms with Crippen LogP contribution < -0.4 is 5.32 Å². The quantitative estimate of drug-likeness (QED) is 0.522. The smallest absolute Gasteiger partial charge is 0.286 e. The summed E-state index contributed by atoms with van der Waals surface area (Å²) in [5.41, 5.74) is 2.59. The Labute approximate surface area is 190 Å². The number of ether oxygens (including phenoxy) is 2. The zero-order chi connectivity index (χ0) is 22.3. The summed E-state index contributed by atoms with van der Waals surface area (Å²) in [6.45, 7) is 0.598. The summed E-state index contributed by atoms with van der Waals surface area (Å²) < 4.78 is 25.0. The third-order valence-electron chi connectivity index (χ3n) is 5.20. The van der Waals surface area contributed by atoms with Crippen LogP contribution in [-0.2, 0) is 34.0 Å². The molecule has 1 aliphatic rings. The standard InChI is InChI=1S/C25H24FNO4S/c26-21-9-7-17(8-10-21)14-27-25(29)22-12-20(23-2-1-11-32-23)13-24(31-22)30-16-19-5-3-18(15-28)4-6-19/h1-12,20,24,28H,13-16H2,(H,27,29)/t20-,24+/m1/s1. The molecule has 166 valence electrons. The van der Waals surface area contributed by atoms with E-state index in [4.69, 9.17) is 9.47 Å². The van der Waals surface area contributed by atoms with Gasteiger partial charge in [0.15, 0.2) is 5.76 Å². The lowest BCUT2D eigenvalue weighted by Crippen LogP contribution is -2.32. The second-order valence-electron chi connectivity index (χ2n) is 7.53. The summed E-state index contributed by atoms with van der Waals surface area (Å²) in [7, 11) is 0. The van der Waals surface area contributed by atoms with Crippen molar-refractivity contribution >= 4 is 17.2 Å². The van der Waals surface area contributed by atoms with E-state index in [-0.39, 0.29) is 36.6 Å². The summed E-state index contributed by atoms with van der Waals surface area (Å²) in [4.78, 5) is 13.9. The predicted molar refractivity (Wildman–Crippen MR) is 120 cm³/mol. The van der Waals surface area contributed by atoms with Gasteiger partial charge < -0.3 is 19.9 Å². The van der Waals surface area contributed by atoms with Crippen molar-refractivity contribution in [2.75, 3.05) is 0 Å². The van der Waals surface area contributed by atoms with Crippen molar-refractivity contribution in [1.82, 2.24) is 5.32 Å². The van der Waals surface area contributed by atoms with Crippen molar-refractivity contribution in [2.24, 2.45) is 0 Å².